The highest BCUT2D eigenvalue weighted by Gasteiger charge is 2.15. The third kappa shape index (κ3) is 5.21. The van der Waals surface area contributed by atoms with Gasteiger partial charge in [-0.15, -0.1) is 0 Å². The molecule has 0 heterocycles. The van der Waals surface area contributed by atoms with Crippen LogP contribution in [0.25, 0.3) is 16.7 Å². The molecule has 3 rings (SSSR count). The van der Waals surface area contributed by atoms with E-state index in [0.717, 1.165) is 24.8 Å². The van der Waals surface area contributed by atoms with E-state index in [4.69, 9.17) is 0 Å². The minimum Gasteiger partial charge on any atom is -0.206 e. The van der Waals surface area contributed by atoms with Crippen LogP contribution in [0.5, 0.6) is 0 Å². The first kappa shape index (κ1) is 23.6. The molecule has 2 aromatic carbocycles. The van der Waals surface area contributed by atoms with Crippen molar-refractivity contribution in [2.45, 2.75) is 40.0 Å². The summed E-state index contributed by atoms with van der Waals surface area (Å²) >= 11 is 0. The van der Waals surface area contributed by atoms with Gasteiger partial charge in [0.15, 0.2) is 11.6 Å². The smallest absolute Gasteiger partial charge is 0.166 e. The summed E-state index contributed by atoms with van der Waals surface area (Å²) in [6.07, 6.45) is 14.4. The van der Waals surface area contributed by atoms with E-state index in [1.54, 1.807) is 49.4 Å². The van der Waals surface area contributed by atoms with Gasteiger partial charge in [-0.3, -0.25) is 0 Å². The van der Waals surface area contributed by atoms with Crippen LogP contribution in [-0.4, -0.2) is 0 Å². The van der Waals surface area contributed by atoms with E-state index in [1.165, 1.54) is 12.5 Å². The highest BCUT2D eigenvalue weighted by Crippen LogP contribution is 2.33. The fourth-order valence-corrected chi connectivity index (χ4v) is 4.04. The van der Waals surface area contributed by atoms with Gasteiger partial charge in [0.25, 0.3) is 0 Å². The largest absolute Gasteiger partial charge is 0.206 e. The Morgan fingerprint density at radius 2 is 1.78 bits per heavy atom. The molecule has 1 atom stereocenters. The van der Waals surface area contributed by atoms with Gasteiger partial charge in [-0.25, -0.2) is 13.2 Å². The Labute approximate surface area is 189 Å². The number of aryl methyl sites for hydroxylation is 1. The zero-order valence-electron chi connectivity index (χ0n) is 18.9. The molecule has 32 heavy (non-hydrogen) atoms. The van der Waals surface area contributed by atoms with Gasteiger partial charge in [0, 0.05) is 11.1 Å². The molecule has 1 unspecified atom stereocenters. The summed E-state index contributed by atoms with van der Waals surface area (Å²) in [5.41, 5.74) is 4.06. The Morgan fingerprint density at radius 1 is 1.03 bits per heavy atom. The van der Waals surface area contributed by atoms with Crippen molar-refractivity contribution in [3.8, 4) is 0 Å². The Balaban J connectivity index is 1.86. The standard InChI is InChI=1S/C29H29F3/c1-5-7-21-10-13-23(14-11-21)24-15-17-26(27(30)18-24)22(6-2)12-8-19(3)25-16-9-20(4)28(31)29(25)32/h5-9,12-13,15-18,21H,2,10-11,14H2,1,3-4H3/b7-5+,19-8+,22-12+. The quantitative estimate of drug-likeness (QED) is 0.315. The van der Waals surface area contributed by atoms with Crippen LogP contribution in [-0.2, 0) is 0 Å². The third-order valence-corrected chi connectivity index (χ3v) is 6.00. The predicted octanol–water partition coefficient (Wildman–Crippen LogP) is 8.84. The monoisotopic (exact) mass is 434 g/mol. The van der Waals surface area contributed by atoms with Crippen LogP contribution in [0.3, 0.4) is 0 Å². The minimum absolute atomic E-state index is 0.184. The van der Waals surface area contributed by atoms with E-state index in [2.05, 4.69) is 24.8 Å². The first-order valence-electron chi connectivity index (χ1n) is 10.9. The van der Waals surface area contributed by atoms with Crippen molar-refractivity contribution in [3.05, 3.63) is 113 Å². The lowest BCUT2D eigenvalue weighted by molar-refractivity contribution is 0.501. The van der Waals surface area contributed by atoms with Crippen molar-refractivity contribution in [2.24, 2.45) is 5.92 Å². The molecule has 0 N–H and O–H groups in total. The molecule has 0 spiro atoms. The summed E-state index contributed by atoms with van der Waals surface area (Å²) in [5.74, 6) is -1.49. The molecule has 166 valence electrons. The van der Waals surface area contributed by atoms with Gasteiger partial charge >= 0.3 is 0 Å². The van der Waals surface area contributed by atoms with Gasteiger partial charge in [-0.1, -0.05) is 67.3 Å². The van der Waals surface area contributed by atoms with Crippen LogP contribution in [0.1, 0.15) is 55.4 Å². The molecule has 2 aromatic rings. The highest BCUT2D eigenvalue weighted by molar-refractivity contribution is 5.79. The number of hydrogen-bond donors (Lipinski definition) is 0. The fourth-order valence-electron chi connectivity index (χ4n) is 4.04. The summed E-state index contributed by atoms with van der Waals surface area (Å²) < 4.78 is 43.2. The summed E-state index contributed by atoms with van der Waals surface area (Å²) in [5, 5.41) is 0. The molecule has 0 radical (unpaired) electrons. The lowest BCUT2D eigenvalue weighted by Crippen LogP contribution is -2.03. The van der Waals surface area contributed by atoms with Gasteiger partial charge in [-0.05, 0) is 79.9 Å². The Morgan fingerprint density at radius 3 is 2.41 bits per heavy atom. The maximum absolute atomic E-state index is 15.0. The Kier molecular flexibility index (Phi) is 7.74. The van der Waals surface area contributed by atoms with E-state index >= 15 is 0 Å². The second kappa shape index (κ2) is 10.5. The number of benzene rings is 2. The first-order chi connectivity index (χ1) is 15.3. The second-order valence-corrected chi connectivity index (χ2v) is 8.22. The molecule has 0 bridgehead atoms. The third-order valence-electron chi connectivity index (χ3n) is 6.00. The number of rotatable bonds is 6. The molecule has 3 heteroatoms. The molecule has 0 saturated carbocycles. The van der Waals surface area contributed by atoms with Crippen molar-refractivity contribution < 1.29 is 13.2 Å². The van der Waals surface area contributed by atoms with E-state index < -0.39 is 11.6 Å². The van der Waals surface area contributed by atoms with Crippen LogP contribution < -0.4 is 0 Å². The highest BCUT2D eigenvalue weighted by atomic mass is 19.2. The van der Waals surface area contributed by atoms with Crippen LogP contribution in [0.15, 0.2) is 73.4 Å². The van der Waals surface area contributed by atoms with Crippen molar-refractivity contribution in [1.29, 1.82) is 0 Å². The molecular weight excluding hydrogens is 405 g/mol. The minimum atomic E-state index is -0.875. The van der Waals surface area contributed by atoms with E-state index in [9.17, 15) is 13.2 Å². The summed E-state index contributed by atoms with van der Waals surface area (Å²) in [6.45, 7) is 9.04. The SMILES string of the molecule is C=C/C(=C\C=C(/C)c1ccc(C)c(F)c1F)c1ccc(C2=CCC(/C=C/C)CC2)cc1F. The zero-order chi connectivity index (χ0) is 23.3. The van der Waals surface area contributed by atoms with E-state index in [1.807, 2.05) is 13.0 Å². The van der Waals surface area contributed by atoms with Gasteiger partial charge in [0.2, 0.25) is 0 Å². The maximum atomic E-state index is 15.0. The predicted molar refractivity (Wildman–Crippen MR) is 129 cm³/mol. The number of allylic oxidation sites excluding steroid dienone is 9. The number of hydrogen-bond acceptors (Lipinski definition) is 0. The Hall–Kier alpha value is -3.07. The molecule has 0 amide bonds. The van der Waals surface area contributed by atoms with Crippen molar-refractivity contribution in [1.82, 2.24) is 0 Å². The summed E-state index contributed by atoms with van der Waals surface area (Å²) in [4.78, 5) is 0. The molecule has 0 fully saturated rings. The van der Waals surface area contributed by atoms with Crippen LogP contribution >= 0.6 is 0 Å². The maximum Gasteiger partial charge on any atom is 0.166 e. The van der Waals surface area contributed by atoms with Crippen LogP contribution in [0.2, 0.25) is 0 Å². The molecule has 0 nitrogen and oxygen atoms in total. The van der Waals surface area contributed by atoms with E-state index in [0.29, 0.717) is 22.6 Å². The van der Waals surface area contributed by atoms with Gasteiger partial charge in [0.05, 0.1) is 0 Å². The first-order valence-corrected chi connectivity index (χ1v) is 10.9. The fraction of sp³-hybridized carbons (Fsp3) is 0.241. The summed E-state index contributed by atoms with van der Waals surface area (Å²) in [7, 11) is 0. The van der Waals surface area contributed by atoms with Crippen molar-refractivity contribution >= 4 is 16.7 Å². The van der Waals surface area contributed by atoms with Gasteiger partial charge in [0.1, 0.15) is 5.82 Å². The lowest BCUT2D eigenvalue weighted by Gasteiger charge is -2.20. The van der Waals surface area contributed by atoms with E-state index in [-0.39, 0.29) is 16.9 Å². The van der Waals surface area contributed by atoms with Gasteiger partial charge in [-0.2, -0.15) is 0 Å². The number of halogens is 3. The van der Waals surface area contributed by atoms with Crippen LogP contribution in [0, 0.1) is 30.3 Å². The average molecular weight is 435 g/mol. The van der Waals surface area contributed by atoms with Crippen LogP contribution in [0.4, 0.5) is 13.2 Å². The molecule has 1 aliphatic carbocycles. The normalized spacial score (nSPS) is 17.6. The lowest BCUT2D eigenvalue weighted by atomic mass is 9.86. The second-order valence-electron chi connectivity index (χ2n) is 8.22. The molecule has 1 aliphatic rings. The Bertz CT molecular complexity index is 1130. The zero-order valence-corrected chi connectivity index (χ0v) is 18.9. The van der Waals surface area contributed by atoms with Gasteiger partial charge < -0.3 is 0 Å². The summed E-state index contributed by atoms with van der Waals surface area (Å²) in [6, 6.07) is 8.35. The average Bonchev–Trinajstić information content (AvgIpc) is 2.79. The van der Waals surface area contributed by atoms with Crippen molar-refractivity contribution in [3.63, 3.8) is 0 Å². The molecular formula is C29H29F3. The molecule has 0 saturated heterocycles. The topological polar surface area (TPSA) is 0 Å². The molecule has 0 aromatic heterocycles. The van der Waals surface area contributed by atoms with Crippen molar-refractivity contribution in [2.75, 3.05) is 0 Å². The molecule has 0 aliphatic heterocycles.